The number of esters is 1. The van der Waals surface area contributed by atoms with Gasteiger partial charge in [-0.05, 0) is 57.4 Å². The maximum absolute atomic E-state index is 13.9. The van der Waals surface area contributed by atoms with Gasteiger partial charge in [0.15, 0.2) is 0 Å². The van der Waals surface area contributed by atoms with Crippen molar-refractivity contribution in [2.75, 3.05) is 0 Å². The molecule has 9 nitrogen and oxygen atoms in total. The van der Waals surface area contributed by atoms with Crippen LogP contribution < -0.4 is 16.4 Å². The second kappa shape index (κ2) is 15.1. The Morgan fingerprint density at radius 1 is 1.07 bits per heavy atom. The molecule has 0 aliphatic heterocycles. The van der Waals surface area contributed by atoms with Crippen molar-refractivity contribution in [1.82, 2.24) is 15.6 Å². The van der Waals surface area contributed by atoms with Crippen molar-refractivity contribution in [3.63, 3.8) is 0 Å². The summed E-state index contributed by atoms with van der Waals surface area (Å²) in [5, 5.41) is 19.9. The summed E-state index contributed by atoms with van der Waals surface area (Å²) >= 11 is 1.14. The Morgan fingerprint density at radius 3 is 2.31 bits per heavy atom. The highest BCUT2D eigenvalue weighted by molar-refractivity contribution is 7.09. The first-order valence-corrected chi connectivity index (χ1v) is 15.9. The lowest BCUT2D eigenvalue weighted by atomic mass is 9.80. The first-order valence-electron chi connectivity index (χ1n) is 15.1. The lowest BCUT2D eigenvalue weighted by Gasteiger charge is -2.38. The molecule has 1 saturated carbocycles. The molecule has 0 spiro atoms. The van der Waals surface area contributed by atoms with Crippen molar-refractivity contribution in [2.45, 2.75) is 115 Å². The number of hydrogen-bond acceptors (Lipinski definition) is 8. The minimum Gasteiger partial charge on any atom is -0.457 e. The number of carbonyl (C=O) groups is 3. The zero-order valence-corrected chi connectivity index (χ0v) is 26.4. The summed E-state index contributed by atoms with van der Waals surface area (Å²) in [5.41, 5.74) is 4.08. The van der Waals surface area contributed by atoms with Crippen molar-refractivity contribution in [2.24, 2.45) is 17.6 Å². The highest BCUT2D eigenvalue weighted by atomic mass is 32.1. The standard InChI is InChI=1S/C32H48N4O5S/c1-21(2)18-25(35-27(37)24(33)19-22-12-8-6-9-13-22)28(38)36-26(20-23-14-10-7-11-15-23)32(40,29-34-16-17-42-29)30(39)41-31(3,4)5/h6,8-9,12-13,16-17,21,23-26,40H,7,10-11,14-15,18-20,33H2,1-5H3,(H,35,37)(H,36,38)/t24?,25?,26-,32-/m0/s1. The predicted molar refractivity (Wildman–Crippen MR) is 164 cm³/mol. The maximum Gasteiger partial charge on any atom is 0.348 e. The third-order valence-corrected chi connectivity index (χ3v) is 8.46. The summed E-state index contributed by atoms with van der Waals surface area (Å²) in [6.07, 6.45) is 7.70. The number of nitrogens with two attached hydrogens (primary N) is 1. The molecule has 42 heavy (non-hydrogen) atoms. The summed E-state index contributed by atoms with van der Waals surface area (Å²) < 4.78 is 5.70. The molecule has 3 rings (SSSR count). The van der Waals surface area contributed by atoms with Crippen molar-refractivity contribution in [3.8, 4) is 0 Å². The van der Waals surface area contributed by atoms with E-state index in [-0.39, 0.29) is 16.8 Å². The molecule has 10 heteroatoms. The number of nitrogens with one attached hydrogen (secondary N) is 2. The van der Waals surface area contributed by atoms with Gasteiger partial charge in [0.1, 0.15) is 16.7 Å². The zero-order chi connectivity index (χ0) is 30.9. The normalized spacial score (nSPS) is 18.0. The predicted octanol–water partition coefficient (Wildman–Crippen LogP) is 4.23. The number of thiazole rings is 1. The second-order valence-electron chi connectivity index (χ2n) is 12.9. The highest BCUT2D eigenvalue weighted by Gasteiger charge is 2.52. The Hall–Kier alpha value is -2.82. The molecule has 5 N–H and O–H groups in total. The number of amides is 2. The molecule has 2 aromatic rings. The van der Waals surface area contributed by atoms with Crippen molar-refractivity contribution in [3.05, 3.63) is 52.5 Å². The Bertz CT molecular complexity index is 1150. The van der Waals surface area contributed by atoms with Crippen LogP contribution in [0.5, 0.6) is 0 Å². The molecule has 0 saturated heterocycles. The largest absolute Gasteiger partial charge is 0.457 e. The summed E-state index contributed by atoms with van der Waals surface area (Å²) in [7, 11) is 0. The SMILES string of the molecule is CC(C)CC(NC(=O)C(N)Cc1ccccc1)C(=O)N[C@@H](CC1CCCCC1)[C@@](O)(C(=O)OC(C)(C)C)c1nccs1. The van der Waals surface area contributed by atoms with E-state index in [2.05, 4.69) is 15.6 Å². The fraction of sp³-hybridized carbons (Fsp3) is 0.625. The Labute approximate surface area is 254 Å². The Morgan fingerprint density at radius 2 is 1.74 bits per heavy atom. The number of aromatic nitrogens is 1. The molecular formula is C32H48N4O5S. The number of ether oxygens (including phenoxy) is 1. The van der Waals surface area contributed by atoms with Crippen LogP contribution in [0.4, 0.5) is 0 Å². The second-order valence-corrected chi connectivity index (χ2v) is 13.8. The first kappa shape index (κ1) is 33.7. The average Bonchev–Trinajstić information content (AvgIpc) is 3.47. The van der Waals surface area contributed by atoms with E-state index in [4.69, 9.17) is 10.5 Å². The van der Waals surface area contributed by atoms with E-state index in [1.807, 2.05) is 44.2 Å². The summed E-state index contributed by atoms with van der Waals surface area (Å²) in [5.74, 6) is -1.50. The van der Waals surface area contributed by atoms with E-state index in [1.54, 1.807) is 26.2 Å². The third kappa shape index (κ3) is 9.61. The van der Waals surface area contributed by atoms with Crippen LogP contribution in [0.2, 0.25) is 0 Å². The average molecular weight is 601 g/mol. The van der Waals surface area contributed by atoms with E-state index in [1.165, 1.54) is 6.20 Å². The molecule has 0 bridgehead atoms. The van der Waals surface area contributed by atoms with Crippen molar-refractivity contribution >= 4 is 29.1 Å². The fourth-order valence-electron chi connectivity index (χ4n) is 5.45. The zero-order valence-electron chi connectivity index (χ0n) is 25.6. The van der Waals surface area contributed by atoms with Crippen LogP contribution in [-0.4, -0.2) is 51.6 Å². The molecule has 1 aromatic carbocycles. The van der Waals surface area contributed by atoms with Crippen LogP contribution in [0.3, 0.4) is 0 Å². The quantitative estimate of drug-likeness (QED) is 0.252. The van der Waals surface area contributed by atoms with Crippen LogP contribution in [0.15, 0.2) is 41.9 Å². The summed E-state index contributed by atoms with van der Waals surface area (Å²) in [6.45, 7) is 9.11. The Kier molecular flexibility index (Phi) is 12.1. The molecule has 1 heterocycles. The van der Waals surface area contributed by atoms with Crippen molar-refractivity contribution < 1.29 is 24.2 Å². The van der Waals surface area contributed by atoms with Gasteiger partial charge in [-0.2, -0.15) is 0 Å². The fourth-order valence-corrected chi connectivity index (χ4v) is 6.23. The van der Waals surface area contributed by atoms with Crippen LogP contribution >= 0.6 is 11.3 Å². The number of benzene rings is 1. The van der Waals surface area contributed by atoms with Gasteiger partial charge in [0, 0.05) is 11.6 Å². The van der Waals surface area contributed by atoms with Gasteiger partial charge in [0.05, 0.1) is 12.1 Å². The smallest absolute Gasteiger partial charge is 0.348 e. The van der Waals surface area contributed by atoms with Gasteiger partial charge in [-0.1, -0.05) is 76.3 Å². The van der Waals surface area contributed by atoms with E-state index < -0.39 is 47.1 Å². The molecule has 1 aliphatic rings. The van der Waals surface area contributed by atoms with E-state index in [0.717, 1.165) is 49.0 Å². The molecule has 1 fully saturated rings. The van der Waals surface area contributed by atoms with E-state index in [9.17, 15) is 19.5 Å². The first-order chi connectivity index (χ1) is 19.8. The van der Waals surface area contributed by atoms with Gasteiger partial charge in [0.25, 0.3) is 0 Å². The van der Waals surface area contributed by atoms with Gasteiger partial charge in [-0.3, -0.25) is 9.59 Å². The number of nitrogens with zero attached hydrogens (tertiary/aromatic N) is 1. The van der Waals surface area contributed by atoms with Crippen molar-refractivity contribution in [1.29, 1.82) is 0 Å². The summed E-state index contributed by atoms with van der Waals surface area (Å²) in [4.78, 5) is 45.1. The molecule has 232 valence electrons. The lowest BCUT2D eigenvalue weighted by Crippen LogP contribution is -2.61. The molecule has 0 radical (unpaired) electrons. The topological polar surface area (TPSA) is 144 Å². The number of hydrogen-bond donors (Lipinski definition) is 4. The molecule has 1 aromatic heterocycles. The molecule has 2 amide bonds. The van der Waals surface area contributed by atoms with Crippen LogP contribution in [0, 0.1) is 11.8 Å². The van der Waals surface area contributed by atoms with Crippen LogP contribution in [0.25, 0.3) is 0 Å². The van der Waals surface area contributed by atoms with Gasteiger partial charge in [0.2, 0.25) is 17.4 Å². The van der Waals surface area contributed by atoms with Gasteiger partial charge in [-0.25, -0.2) is 9.78 Å². The third-order valence-electron chi connectivity index (χ3n) is 7.56. The number of rotatable bonds is 13. The molecular weight excluding hydrogens is 552 g/mol. The monoisotopic (exact) mass is 600 g/mol. The van der Waals surface area contributed by atoms with E-state index in [0.29, 0.717) is 19.3 Å². The number of aliphatic hydroxyl groups is 1. The highest BCUT2D eigenvalue weighted by Crippen LogP contribution is 2.37. The van der Waals surface area contributed by atoms with Gasteiger partial charge in [-0.15, -0.1) is 11.3 Å². The molecule has 1 aliphatic carbocycles. The van der Waals surface area contributed by atoms with Gasteiger partial charge < -0.3 is 26.2 Å². The lowest BCUT2D eigenvalue weighted by molar-refractivity contribution is -0.183. The molecule has 4 atom stereocenters. The van der Waals surface area contributed by atoms with Crippen LogP contribution in [0.1, 0.15) is 90.1 Å². The summed E-state index contributed by atoms with van der Waals surface area (Å²) in [6, 6.07) is 6.69. The van der Waals surface area contributed by atoms with E-state index >= 15 is 0 Å². The van der Waals surface area contributed by atoms with Gasteiger partial charge >= 0.3 is 5.97 Å². The number of carbonyl (C=O) groups excluding carboxylic acids is 3. The minimum atomic E-state index is -2.20. The minimum absolute atomic E-state index is 0.0758. The van der Waals surface area contributed by atoms with Crippen LogP contribution in [-0.2, 0) is 31.1 Å². The Balaban J connectivity index is 1.89. The maximum atomic E-state index is 13.9. The molecule has 2 unspecified atom stereocenters.